The van der Waals surface area contributed by atoms with Crippen molar-refractivity contribution in [2.24, 2.45) is 0 Å². The number of aromatic nitrogens is 1. The number of Topliss-reactive ketones (excluding diaryl/α,β-unsaturated/α-hetero) is 1. The first-order valence-electron chi connectivity index (χ1n) is 8.83. The van der Waals surface area contributed by atoms with Gasteiger partial charge in [-0.3, -0.25) is 4.79 Å². The second-order valence-electron chi connectivity index (χ2n) is 6.59. The van der Waals surface area contributed by atoms with E-state index in [0.717, 1.165) is 29.5 Å². The third-order valence-electron chi connectivity index (χ3n) is 4.63. The zero-order chi connectivity index (χ0) is 21.1. The number of benzene rings is 2. The van der Waals surface area contributed by atoms with Crippen molar-refractivity contribution in [2.75, 3.05) is 6.61 Å². The third-order valence-corrected chi connectivity index (χ3v) is 4.63. The number of rotatable bonds is 6. The van der Waals surface area contributed by atoms with Crippen molar-refractivity contribution < 1.29 is 27.5 Å². The van der Waals surface area contributed by atoms with Gasteiger partial charge in [-0.05, 0) is 49.7 Å². The van der Waals surface area contributed by atoms with E-state index in [1.54, 1.807) is 25.1 Å². The molecule has 2 aromatic carbocycles. The summed E-state index contributed by atoms with van der Waals surface area (Å²) >= 11 is 0. The largest absolute Gasteiger partial charge is 0.454 e. The van der Waals surface area contributed by atoms with Gasteiger partial charge in [0.05, 0.1) is 0 Å². The quantitative estimate of drug-likeness (QED) is 0.448. The van der Waals surface area contributed by atoms with Crippen LogP contribution in [0.25, 0.3) is 0 Å². The smallest absolute Gasteiger partial charge is 0.344 e. The minimum Gasteiger partial charge on any atom is -0.454 e. The van der Waals surface area contributed by atoms with Crippen LogP contribution < -0.4 is 0 Å². The molecule has 0 saturated heterocycles. The Hall–Kier alpha value is -3.35. The topological polar surface area (TPSA) is 48.3 Å². The first kappa shape index (κ1) is 20.4. The summed E-state index contributed by atoms with van der Waals surface area (Å²) in [5.41, 5.74) is 1.80. The summed E-state index contributed by atoms with van der Waals surface area (Å²) in [5.74, 6) is -4.18. The van der Waals surface area contributed by atoms with Gasteiger partial charge >= 0.3 is 5.97 Å². The van der Waals surface area contributed by atoms with E-state index >= 15 is 0 Å². The molecule has 7 heteroatoms. The van der Waals surface area contributed by atoms with Crippen molar-refractivity contribution in [2.45, 2.75) is 20.4 Å². The van der Waals surface area contributed by atoms with Gasteiger partial charge < -0.3 is 9.30 Å². The lowest BCUT2D eigenvalue weighted by molar-refractivity contribution is 0.0465. The molecule has 0 aliphatic rings. The number of carbonyl (C=O) groups is 2. The molecule has 0 spiro atoms. The van der Waals surface area contributed by atoms with E-state index in [9.17, 15) is 22.8 Å². The zero-order valence-electron chi connectivity index (χ0n) is 15.8. The Bertz CT molecular complexity index is 1050. The monoisotopic (exact) mass is 401 g/mol. The van der Waals surface area contributed by atoms with Gasteiger partial charge in [-0.15, -0.1) is 0 Å². The third kappa shape index (κ3) is 4.39. The average Bonchev–Trinajstić information content (AvgIpc) is 2.96. The van der Waals surface area contributed by atoms with Crippen LogP contribution in [0, 0.1) is 31.3 Å². The lowest BCUT2D eigenvalue weighted by Crippen LogP contribution is -2.17. The summed E-state index contributed by atoms with van der Waals surface area (Å²) in [7, 11) is 0. The number of ketones is 1. The molecule has 0 fully saturated rings. The number of nitrogens with zero attached hydrogens (tertiary/aromatic N) is 1. The van der Waals surface area contributed by atoms with Gasteiger partial charge in [0.2, 0.25) is 5.78 Å². The summed E-state index contributed by atoms with van der Waals surface area (Å²) in [6.45, 7) is 3.34. The molecule has 0 unspecified atom stereocenters. The Labute approximate surface area is 165 Å². The van der Waals surface area contributed by atoms with Crippen LogP contribution in [0.4, 0.5) is 13.2 Å². The average molecular weight is 401 g/mol. The predicted octanol–water partition coefficient (Wildman–Crippen LogP) is 4.61. The molecule has 0 amide bonds. The van der Waals surface area contributed by atoms with Gasteiger partial charge in [0.25, 0.3) is 0 Å². The second kappa shape index (κ2) is 8.34. The van der Waals surface area contributed by atoms with Crippen LogP contribution in [0.2, 0.25) is 0 Å². The Morgan fingerprint density at radius 2 is 1.59 bits per heavy atom. The fraction of sp³-hybridized carbons (Fsp3) is 0.182. The Morgan fingerprint density at radius 3 is 2.21 bits per heavy atom. The predicted molar refractivity (Wildman–Crippen MR) is 100 cm³/mol. The van der Waals surface area contributed by atoms with Crippen LogP contribution in [0.1, 0.15) is 37.7 Å². The Morgan fingerprint density at radius 1 is 0.966 bits per heavy atom. The molecule has 150 valence electrons. The molecular formula is C22H18F3NO3. The van der Waals surface area contributed by atoms with E-state index in [0.29, 0.717) is 17.8 Å². The summed E-state index contributed by atoms with van der Waals surface area (Å²) in [6.07, 6.45) is 0. The minimum atomic E-state index is -1.24. The molecule has 0 N–H and O–H groups in total. The van der Waals surface area contributed by atoms with Gasteiger partial charge in [0.1, 0.15) is 23.0 Å². The molecule has 0 saturated carbocycles. The summed E-state index contributed by atoms with van der Waals surface area (Å²) < 4.78 is 47.1. The van der Waals surface area contributed by atoms with E-state index in [1.165, 1.54) is 12.1 Å². The van der Waals surface area contributed by atoms with Crippen LogP contribution in [0.15, 0.2) is 48.5 Å². The van der Waals surface area contributed by atoms with Gasteiger partial charge in [0, 0.05) is 23.5 Å². The Kier molecular flexibility index (Phi) is 5.87. The van der Waals surface area contributed by atoms with Crippen LogP contribution >= 0.6 is 0 Å². The molecule has 3 rings (SSSR count). The van der Waals surface area contributed by atoms with Gasteiger partial charge in [-0.1, -0.05) is 18.2 Å². The van der Waals surface area contributed by atoms with Crippen LogP contribution in [0.5, 0.6) is 0 Å². The molecule has 4 nitrogen and oxygen atoms in total. The van der Waals surface area contributed by atoms with E-state index in [1.807, 2.05) is 11.5 Å². The van der Waals surface area contributed by atoms with Crippen molar-refractivity contribution >= 4 is 11.8 Å². The molecular weight excluding hydrogens is 383 g/mol. The van der Waals surface area contributed by atoms with Crippen LogP contribution in [0.3, 0.4) is 0 Å². The van der Waals surface area contributed by atoms with Crippen molar-refractivity contribution in [1.82, 2.24) is 4.57 Å². The van der Waals surface area contributed by atoms with Gasteiger partial charge in [-0.25, -0.2) is 18.0 Å². The number of carbonyl (C=O) groups excluding carboxylic acids is 2. The maximum Gasteiger partial charge on any atom is 0.344 e. The van der Waals surface area contributed by atoms with Gasteiger partial charge in [-0.2, -0.15) is 0 Å². The highest BCUT2D eigenvalue weighted by atomic mass is 19.1. The van der Waals surface area contributed by atoms with Gasteiger partial charge in [0.15, 0.2) is 6.61 Å². The lowest BCUT2D eigenvalue weighted by Gasteiger charge is -2.10. The zero-order valence-corrected chi connectivity index (χ0v) is 15.8. The fourth-order valence-electron chi connectivity index (χ4n) is 3.07. The highest BCUT2D eigenvalue weighted by Gasteiger charge is 2.22. The molecule has 0 radical (unpaired) electrons. The molecule has 1 heterocycles. The number of halogens is 3. The summed E-state index contributed by atoms with van der Waals surface area (Å²) in [5, 5.41) is 0. The van der Waals surface area contributed by atoms with Crippen molar-refractivity contribution in [3.05, 3.63) is 94.1 Å². The van der Waals surface area contributed by atoms with Crippen molar-refractivity contribution in [1.29, 1.82) is 0 Å². The minimum absolute atomic E-state index is 0.335. The molecule has 3 aromatic rings. The highest BCUT2D eigenvalue weighted by Crippen LogP contribution is 2.19. The second-order valence-corrected chi connectivity index (χ2v) is 6.59. The number of hydrogen-bond donors (Lipinski definition) is 0. The summed E-state index contributed by atoms with van der Waals surface area (Å²) in [4.78, 5) is 24.5. The number of aryl methyl sites for hydroxylation is 1. The SMILES string of the molecule is Cc1cc(C(=O)COC(=O)c2c(F)cccc2F)c(C)n1Cc1ccc(F)cc1. The molecule has 0 aliphatic carbocycles. The van der Waals surface area contributed by atoms with E-state index in [4.69, 9.17) is 4.74 Å². The van der Waals surface area contributed by atoms with E-state index < -0.39 is 35.6 Å². The normalized spacial score (nSPS) is 10.8. The van der Waals surface area contributed by atoms with E-state index in [2.05, 4.69) is 0 Å². The highest BCUT2D eigenvalue weighted by molar-refractivity contribution is 6.00. The van der Waals surface area contributed by atoms with E-state index in [-0.39, 0.29) is 5.82 Å². The number of ether oxygens (including phenoxy) is 1. The van der Waals surface area contributed by atoms with Crippen molar-refractivity contribution in [3.63, 3.8) is 0 Å². The molecule has 0 bridgehead atoms. The lowest BCUT2D eigenvalue weighted by atomic mass is 10.1. The maximum atomic E-state index is 13.6. The fourth-order valence-corrected chi connectivity index (χ4v) is 3.07. The Balaban J connectivity index is 1.73. The molecule has 0 aliphatic heterocycles. The number of hydrogen-bond acceptors (Lipinski definition) is 3. The first-order valence-corrected chi connectivity index (χ1v) is 8.83. The molecule has 1 aromatic heterocycles. The number of esters is 1. The van der Waals surface area contributed by atoms with Crippen molar-refractivity contribution in [3.8, 4) is 0 Å². The standard InChI is InChI=1S/C22H18F3NO3/c1-13-10-17(14(2)26(13)11-15-6-8-16(23)9-7-15)20(27)12-29-22(28)21-18(24)4-3-5-19(21)25/h3-10H,11-12H2,1-2H3. The van der Waals surface area contributed by atoms with Crippen LogP contribution in [-0.2, 0) is 11.3 Å². The van der Waals surface area contributed by atoms with Crippen LogP contribution in [-0.4, -0.2) is 22.9 Å². The summed E-state index contributed by atoms with van der Waals surface area (Å²) in [6, 6.07) is 10.7. The first-order chi connectivity index (χ1) is 13.8. The maximum absolute atomic E-state index is 13.6. The molecule has 0 atom stereocenters. The molecule has 29 heavy (non-hydrogen) atoms.